The van der Waals surface area contributed by atoms with Gasteiger partial charge in [-0.2, -0.15) is 0 Å². The molecule has 4 nitrogen and oxygen atoms in total. The highest BCUT2D eigenvalue weighted by atomic mass is 32.1. The van der Waals surface area contributed by atoms with Crippen molar-refractivity contribution in [3.05, 3.63) is 34.3 Å². The first-order chi connectivity index (χ1) is 8.58. The van der Waals surface area contributed by atoms with Crippen molar-refractivity contribution < 1.29 is 0 Å². The van der Waals surface area contributed by atoms with E-state index in [9.17, 15) is 0 Å². The van der Waals surface area contributed by atoms with Crippen LogP contribution in [0, 0.1) is 20.8 Å². The van der Waals surface area contributed by atoms with E-state index < -0.39 is 0 Å². The van der Waals surface area contributed by atoms with E-state index >= 15 is 0 Å². The van der Waals surface area contributed by atoms with Gasteiger partial charge in [0.25, 0.3) is 0 Å². The standard InChI is InChI=1S/C13H14N4S/c1-7-4-5-17-10(6-7)15-16-13(17)11-8(2)9(3)18-12(11)14/h4-6H,14H2,1-3H3. The van der Waals surface area contributed by atoms with Crippen molar-refractivity contribution in [1.29, 1.82) is 0 Å². The van der Waals surface area contributed by atoms with Gasteiger partial charge in [-0.25, -0.2) is 0 Å². The predicted octanol–water partition coefficient (Wildman–Crippen LogP) is 2.97. The van der Waals surface area contributed by atoms with Crippen LogP contribution in [0.15, 0.2) is 18.3 Å². The molecule has 0 saturated carbocycles. The summed E-state index contributed by atoms with van der Waals surface area (Å²) in [5.74, 6) is 0.823. The molecule has 0 spiro atoms. The number of nitrogens with zero attached hydrogens (tertiary/aromatic N) is 3. The molecular formula is C13H14N4S. The number of fused-ring (bicyclic) bond motifs is 1. The number of hydrogen-bond donors (Lipinski definition) is 1. The second kappa shape index (κ2) is 3.81. The Morgan fingerprint density at radius 3 is 2.67 bits per heavy atom. The Morgan fingerprint density at radius 1 is 1.22 bits per heavy atom. The summed E-state index contributed by atoms with van der Waals surface area (Å²) in [7, 11) is 0. The highest BCUT2D eigenvalue weighted by Crippen LogP contribution is 2.37. The van der Waals surface area contributed by atoms with Gasteiger partial charge in [0, 0.05) is 11.1 Å². The summed E-state index contributed by atoms with van der Waals surface area (Å²) < 4.78 is 1.98. The molecule has 0 unspecified atom stereocenters. The summed E-state index contributed by atoms with van der Waals surface area (Å²) in [6.07, 6.45) is 1.99. The Balaban J connectivity index is 2.32. The second-order valence-electron chi connectivity index (χ2n) is 4.48. The van der Waals surface area contributed by atoms with Crippen molar-refractivity contribution in [2.75, 3.05) is 5.73 Å². The lowest BCUT2D eigenvalue weighted by atomic mass is 10.1. The molecule has 3 rings (SSSR count). The summed E-state index contributed by atoms with van der Waals surface area (Å²) >= 11 is 1.60. The minimum absolute atomic E-state index is 0.805. The molecule has 3 heterocycles. The van der Waals surface area contributed by atoms with Crippen LogP contribution in [0.1, 0.15) is 16.0 Å². The molecule has 5 heteroatoms. The van der Waals surface area contributed by atoms with Gasteiger partial charge < -0.3 is 5.73 Å². The average Bonchev–Trinajstić information content (AvgIpc) is 2.81. The molecule has 18 heavy (non-hydrogen) atoms. The van der Waals surface area contributed by atoms with E-state index in [0.29, 0.717) is 0 Å². The third kappa shape index (κ3) is 1.51. The van der Waals surface area contributed by atoms with Crippen molar-refractivity contribution in [3.63, 3.8) is 0 Å². The van der Waals surface area contributed by atoms with Crippen LogP contribution in [-0.4, -0.2) is 14.6 Å². The maximum absolute atomic E-state index is 6.09. The number of pyridine rings is 1. The molecule has 0 aliphatic rings. The smallest absolute Gasteiger partial charge is 0.171 e. The number of hydrogen-bond acceptors (Lipinski definition) is 4. The van der Waals surface area contributed by atoms with Gasteiger partial charge in [0.15, 0.2) is 11.5 Å². The number of aryl methyl sites for hydroxylation is 2. The summed E-state index contributed by atoms with van der Waals surface area (Å²) in [6, 6.07) is 4.06. The fraction of sp³-hybridized carbons (Fsp3) is 0.231. The molecule has 0 aliphatic carbocycles. The first-order valence-corrected chi connectivity index (χ1v) is 6.57. The lowest BCUT2D eigenvalue weighted by Crippen LogP contribution is -1.93. The minimum Gasteiger partial charge on any atom is -0.390 e. The van der Waals surface area contributed by atoms with Crippen LogP contribution in [0.3, 0.4) is 0 Å². The fourth-order valence-electron chi connectivity index (χ4n) is 2.09. The molecule has 3 aromatic heterocycles. The molecule has 0 saturated heterocycles. The normalized spacial score (nSPS) is 11.3. The van der Waals surface area contributed by atoms with Crippen LogP contribution in [0.25, 0.3) is 17.0 Å². The van der Waals surface area contributed by atoms with Crippen molar-refractivity contribution in [3.8, 4) is 11.4 Å². The Morgan fingerprint density at radius 2 is 2.00 bits per heavy atom. The van der Waals surface area contributed by atoms with Gasteiger partial charge in [-0.15, -0.1) is 21.5 Å². The predicted molar refractivity (Wildman–Crippen MR) is 74.9 cm³/mol. The molecule has 0 bridgehead atoms. The summed E-state index contributed by atoms with van der Waals surface area (Å²) in [5, 5.41) is 9.30. The lowest BCUT2D eigenvalue weighted by Gasteiger charge is -2.01. The Hall–Kier alpha value is -1.88. The number of anilines is 1. The lowest BCUT2D eigenvalue weighted by molar-refractivity contribution is 1.11. The number of nitrogen functional groups attached to an aromatic ring is 1. The molecular weight excluding hydrogens is 244 g/mol. The van der Waals surface area contributed by atoms with Crippen LogP contribution in [0.2, 0.25) is 0 Å². The molecule has 0 fully saturated rings. The maximum Gasteiger partial charge on any atom is 0.171 e. The van der Waals surface area contributed by atoms with E-state index in [1.54, 1.807) is 11.3 Å². The van der Waals surface area contributed by atoms with Gasteiger partial charge in [0.05, 0.1) is 10.6 Å². The molecule has 0 atom stereocenters. The van der Waals surface area contributed by atoms with Crippen molar-refractivity contribution >= 4 is 22.0 Å². The molecule has 92 valence electrons. The number of rotatable bonds is 1. The summed E-state index contributed by atoms with van der Waals surface area (Å²) in [6.45, 7) is 6.20. The highest BCUT2D eigenvalue weighted by Gasteiger charge is 2.17. The van der Waals surface area contributed by atoms with Gasteiger partial charge in [0.1, 0.15) is 0 Å². The van der Waals surface area contributed by atoms with Crippen LogP contribution in [0.4, 0.5) is 5.00 Å². The average molecular weight is 258 g/mol. The number of nitrogens with two attached hydrogens (primary N) is 1. The maximum atomic E-state index is 6.09. The monoisotopic (exact) mass is 258 g/mol. The van der Waals surface area contributed by atoms with E-state index in [-0.39, 0.29) is 0 Å². The number of aromatic nitrogens is 3. The SMILES string of the molecule is Cc1ccn2c(-c3c(N)sc(C)c3C)nnc2c1. The Bertz CT molecular complexity index is 739. The van der Waals surface area contributed by atoms with Gasteiger partial charge >= 0.3 is 0 Å². The molecule has 0 aliphatic heterocycles. The Labute approximate surface area is 109 Å². The van der Waals surface area contributed by atoms with Crippen molar-refractivity contribution in [2.24, 2.45) is 0 Å². The van der Waals surface area contributed by atoms with E-state index in [0.717, 1.165) is 22.0 Å². The quantitative estimate of drug-likeness (QED) is 0.730. The second-order valence-corrected chi connectivity index (χ2v) is 5.73. The third-order valence-electron chi connectivity index (χ3n) is 3.20. The highest BCUT2D eigenvalue weighted by molar-refractivity contribution is 7.16. The van der Waals surface area contributed by atoms with E-state index in [2.05, 4.69) is 24.0 Å². The molecule has 3 aromatic rings. The fourth-order valence-corrected chi connectivity index (χ4v) is 3.03. The van der Waals surface area contributed by atoms with Gasteiger partial charge in [0.2, 0.25) is 0 Å². The largest absolute Gasteiger partial charge is 0.390 e. The van der Waals surface area contributed by atoms with Gasteiger partial charge in [-0.3, -0.25) is 4.40 Å². The van der Waals surface area contributed by atoms with Crippen molar-refractivity contribution in [1.82, 2.24) is 14.6 Å². The van der Waals surface area contributed by atoms with Gasteiger partial charge in [-0.1, -0.05) is 0 Å². The van der Waals surface area contributed by atoms with Gasteiger partial charge in [-0.05, 0) is 44.0 Å². The van der Waals surface area contributed by atoms with E-state index in [1.807, 2.05) is 29.7 Å². The molecule has 0 amide bonds. The molecule has 0 radical (unpaired) electrons. The molecule has 2 N–H and O–H groups in total. The summed E-state index contributed by atoms with van der Waals surface area (Å²) in [5.41, 5.74) is 10.3. The van der Waals surface area contributed by atoms with Crippen molar-refractivity contribution in [2.45, 2.75) is 20.8 Å². The molecule has 0 aromatic carbocycles. The first-order valence-electron chi connectivity index (χ1n) is 5.75. The van der Waals surface area contributed by atoms with E-state index in [4.69, 9.17) is 5.73 Å². The van der Waals surface area contributed by atoms with Crippen LogP contribution < -0.4 is 5.73 Å². The van der Waals surface area contributed by atoms with Crippen LogP contribution in [-0.2, 0) is 0 Å². The zero-order valence-electron chi connectivity index (χ0n) is 10.6. The third-order valence-corrected chi connectivity index (χ3v) is 4.24. The first kappa shape index (κ1) is 11.2. The van der Waals surface area contributed by atoms with Crippen LogP contribution >= 0.6 is 11.3 Å². The topological polar surface area (TPSA) is 56.2 Å². The summed E-state index contributed by atoms with van der Waals surface area (Å²) in [4.78, 5) is 1.23. The Kier molecular flexibility index (Phi) is 2.38. The zero-order valence-corrected chi connectivity index (χ0v) is 11.4. The zero-order chi connectivity index (χ0) is 12.9. The van der Waals surface area contributed by atoms with Crippen LogP contribution in [0.5, 0.6) is 0 Å². The number of thiophene rings is 1. The minimum atomic E-state index is 0.805. The van der Waals surface area contributed by atoms with E-state index in [1.165, 1.54) is 16.0 Å².